The minimum Gasteiger partial charge on any atom is -0.497 e. The van der Waals surface area contributed by atoms with Crippen LogP contribution in [-0.4, -0.2) is 14.2 Å². The van der Waals surface area contributed by atoms with Gasteiger partial charge >= 0.3 is 0 Å². The highest BCUT2D eigenvalue weighted by Crippen LogP contribution is 2.30. The molecule has 0 bridgehead atoms. The second kappa shape index (κ2) is 7.43. The number of benzene rings is 2. The van der Waals surface area contributed by atoms with Crippen LogP contribution in [0.25, 0.3) is 0 Å². The first kappa shape index (κ1) is 16.5. The van der Waals surface area contributed by atoms with Gasteiger partial charge in [-0.3, -0.25) is 0 Å². The van der Waals surface area contributed by atoms with E-state index in [0.29, 0.717) is 0 Å². The predicted octanol–water partition coefficient (Wildman–Crippen LogP) is 5.03. The summed E-state index contributed by atoms with van der Waals surface area (Å²) in [7, 11) is 3.69. The van der Waals surface area contributed by atoms with Crippen molar-refractivity contribution in [3.63, 3.8) is 0 Å². The maximum absolute atomic E-state index is 5.32. The number of hydrogen-bond donors (Lipinski definition) is 1. The molecule has 2 aromatic rings. The molecule has 2 nitrogen and oxygen atoms in total. The Labute approximate surface area is 143 Å². The first-order chi connectivity index (χ1) is 10.1. The molecule has 1 N–H and O–H groups in total. The Morgan fingerprint density at radius 3 is 2.57 bits per heavy atom. The molecule has 1 atom stereocenters. The molecule has 0 saturated carbocycles. The lowest BCUT2D eigenvalue weighted by molar-refractivity contribution is 0.413. The number of likely N-dealkylation sites (N-methyl/N-ethyl adjacent to an activating group) is 1. The summed E-state index contributed by atoms with van der Waals surface area (Å²) in [5, 5.41) is 3.42. The van der Waals surface area contributed by atoms with Crippen molar-refractivity contribution in [2.45, 2.75) is 19.4 Å². The molecule has 2 rings (SSSR count). The summed E-state index contributed by atoms with van der Waals surface area (Å²) in [5.74, 6) is 0.883. The second-order valence-electron chi connectivity index (χ2n) is 4.96. The summed E-state index contributed by atoms with van der Waals surface area (Å²) >= 11 is 7.24. The van der Waals surface area contributed by atoms with Crippen LogP contribution in [-0.2, 0) is 6.42 Å². The van der Waals surface area contributed by atoms with Crippen LogP contribution in [0, 0.1) is 6.92 Å². The number of hydrogen-bond acceptors (Lipinski definition) is 2. The minimum absolute atomic E-state index is 0.255. The van der Waals surface area contributed by atoms with Gasteiger partial charge in [0.2, 0.25) is 0 Å². The molecular weight excluding hydrogens is 394 g/mol. The van der Waals surface area contributed by atoms with E-state index in [2.05, 4.69) is 68.4 Å². The molecule has 21 heavy (non-hydrogen) atoms. The van der Waals surface area contributed by atoms with Crippen molar-refractivity contribution >= 4 is 31.9 Å². The Kier molecular flexibility index (Phi) is 5.85. The lowest BCUT2D eigenvalue weighted by atomic mass is 9.95. The molecule has 0 aliphatic carbocycles. The standard InChI is InChI=1S/C17H19Br2NO/c1-11-14(5-4-6-15(11)18)17(20-2)10-12-9-13(21-3)7-8-16(12)19/h4-9,17,20H,10H2,1-3H3. The molecule has 112 valence electrons. The van der Waals surface area contributed by atoms with E-state index in [9.17, 15) is 0 Å². The third-order valence-electron chi connectivity index (χ3n) is 3.71. The summed E-state index contributed by atoms with van der Waals surface area (Å²) in [5.41, 5.74) is 3.81. The van der Waals surface area contributed by atoms with Gasteiger partial charge in [-0.15, -0.1) is 0 Å². The summed E-state index contributed by atoms with van der Waals surface area (Å²) < 4.78 is 7.58. The lowest BCUT2D eigenvalue weighted by Gasteiger charge is -2.20. The molecule has 0 radical (unpaired) electrons. The average Bonchev–Trinajstić information content (AvgIpc) is 2.49. The number of ether oxygens (including phenoxy) is 1. The van der Waals surface area contributed by atoms with Crippen LogP contribution in [0.3, 0.4) is 0 Å². The molecule has 0 aliphatic rings. The van der Waals surface area contributed by atoms with Crippen molar-refractivity contribution in [3.05, 3.63) is 62.0 Å². The van der Waals surface area contributed by atoms with E-state index in [4.69, 9.17) is 4.74 Å². The monoisotopic (exact) mass is 411 g/mol. The zero-order valence-electron chi connectivity index (χ0n) is 12.4. The predicted molar refractivity (Wildman–Crippen MR) is 95.1 cm³/mol. The fourth-order valence-corrected chi connectivity index (χ4v) is 3.21. The largest absolute Gasteiger partial charge is 0.497 e. The molecule has 0 amide bonds. The van der Waals surface area contributed by atoms with Crippen molar-refractivity contribution in [1.82, 2.24) is 5.32 Å². The molecule has 4 heteroatoms. The van der Waals surface area contributed by atoms with Crippen LogP contribution in [0.2, 0.25) is 0 Å². The number of rotatable bonds is 5. The van der Waals surface area contributed by atoms with E-state index in [1.165, 1.54) is 16.7 Å². The van der Waals surface area contributed by atoms with Crippen LogP contribution in [0.5, 0.6) is 5.75 Å². The summed E-state index contributed by atoms with van der Waals surface area (Å²) in [6, 6.07) is 12.7. The van der Waals surface area contributed by atoms with Gasteiger partial charge in [0.25, 0.3) is 0 Å². The molecule has 0 aromatic heterocycles. The Morgan fingerprint density at radius 2 is 1.90 bits per heavy atom. The van der Waals surface area contributed by atoms with Crippen LogP contribution in [0.4, 0.5) is 0 Å². The molecule has 0 heterocycles. The van der Waals surface area contributed by atoms with Gasteiger partial charge in [0.1, 0.15) is 5.75 Å². The highest BCUT2D eigenvalue weighted by molar-refractivity contribution is 9.10. The molecule has 2 aromatic carbocycles. The average molecular weight is 413 g/mol. The van der Waals surface area contributed by atoms with Gasteiger partial charge in [0, 0.05) is 15.0 Å². The van der Waals surface area contributed by atoms with Crippen molar-refractivity contribution in [2.75, 3.05) is 14.2 Å². The van der Waals surface area contributed by atoms with Gasteiger partial charge in [0.05, 0.1) is 7.11 Å². The third-order valence-corrected chi connectivity index (χ3v) is 5.34. The van der Waals surface area contributed by atoms with E-state index in [0.717, 1.165) is 21.1 Å². The van der Waals surface area contributed by atoms with Crippen molar-refractivity contribution in [1.29, 1.82) is 0 Å². The minimum atomic E-state index is 0.255. The third kappa shape index (κ3) is 3.87. The van der Waals surface area contributed by atoms with Gasteiger partial charge in [-0.05, 0) is 61.3 Å². The number of nitrogens with one attached hydrogen (secondary N) is 1. The summed E-state index contributed by atoms with van der Waals surface area (Å²) in [6.07, 6.45) is 0.894. The fraction of sp³-hybridized carbons (Fsp3) is 0.294. The highest BCUT2D eigenvalue weighted by atomic mass is 79.9. The molecule has 0 aliphatic heterocycles. The van der Waals surface area contributed by atoms with E-state index in [1.54, 1.807) is 7.11 Å². The van der Waals surface area contributed by atoms with E-state index in [1.807, 2.05) is 19.2 Å². The second-order valence-corrected chi connectivity index (χ2v) is 6.67. The van der Waals surface area contributed by atoms with Gasteiger partial charge in [-0.2, -0.15) is 0 Å². The lowest BCUT2D eigenvalue weighted by Crippen LogP contribution is -2.20. The van der Waals surface area contributed by atoms with Gasteiger partial charge in [-0.25, -0.2) is 0 Å². The zero-order chi connectivity index (χ0) is 15.4. The smallest absolute Gasteiger partial charge is 0.119 e. The fourth-order valence-electron chi connectivity index (χ4n) is 2.42. The van der Waals surface area contributed by atoms with Gasteiger partial charge in [0.15, 0.2) is 0 Å². The zero-order valence-corrected chi connectivity index (χ0v) is 15.6. The van der Waals surface area contributed by atoms with Crippen LogP contribution in [0.15, 0.2) is 45.3 Å². The van der Waals surface area contributed by atoms with Crippen molar-refractivity contribution < 1.29 is 4.74 Å². The normalized spacial score (nSPS) is 12.2. The Hall–Kier alpha value is -0.840. The Morgan fingerprint density at radius 1 is 1.14 bits per heavy atom. The quantitative estimate of drug-likeness (QED) is 0.743. The van der Waals surface area contributed by atoms with Gasteiger partial charge < -0.3 is 10.1 Å². The van der Waals surface area contributed by atoms with Crippen LogP contribution >= 0.6 is 31.9 Å². The van der Waals surface area contributed by atoms with Gasteiger partial charge in [-0.1, -0.05) is 44.0 Å². The van der Waals surface area contributed by atoms with E-state index in [-0.39, 0.29) is 6.04 Å². The topological polar surface area (TPSA) is 21.3 Å². The maximum atomic E-state index is 5.32. The Bertz CT molecular complexity index is 628. The van der Waals surface area contributed by atoms with Crippen LogP contribution < -0.4 is 10.1 Å². The highest BCUT2D eigenvalue weighted by Gasteiger charge is 2.15. The molecule has 1 unspecified atom stereocenters. The van der Waals surface area contributed by atoms with E-state index >= 15 is 0 Å². The maximum Gasteiger partial charge on any atom is 0.119 e. The summed E-state index contributed by atoms with van der Waals surface area (Å²) in [4.78, 5) is 0. The molecular formula is C17H19Br2NO. The van der Waals surface area contributed by atoms with Crippen LogP contribution in [0.1, 0.15) is 22.7 Å². The van der Waals surface area contributed by atoms with E-state index < -0.39 is 0 Å². The van der Waals surface area contributed by atoms with Crippen molar-refractivity contribution in [2.24, 2.45) is 0 Å². The summed E-state index contributed by atoms with van der Waals surface area (Å²) in [6.45, 7) is 2.14. The molecule has 0 fully saturated rings. The SMILES string of the molecule is CNC(Cc1cc(OC)ccc1Br)c1cccc(Br)c1C. The first-order valence-corrected chi connectivity index (χ1v) is 8.40. The number of methoxy groups -OCH3 is 1. The molecule has 0 saturated heterocycles. The first-order valence-electron chi connectivity index (χ1n) is 6.81. The molecule has 0 spiro atoms. The number of halogens is 2. The Balaban J connectivity index is 2.33. The van der Waals surface area contributed by atoms with Crippen molar-refractivity contribution in [3.8, 4) is 5.75 Å².